The zero-order valence-corrected chi connectivity index (χ0v) is 12.4. The summed E-state index contributed by atoms with van der Waals surface area (Å²) >= 11 is 1.87. The van der Waals surface area contributed by atoms with Crippen molar-refractivity contribution in [1.29, 1.82) is 0 Å². The minimum Gasteiger partial charge on any atom is -0.381 e. The Bertz CT molecular complexity index is 540. The van der Waals surface area contributed by atoms with Crippen molar-refractivity contribution in [3.8, 4) is 0 Å². The Kier molecular flexibility index (Phi) is 4.07. The van der Waals surface area contributed by atoms with Gasteiger partial charge in [-0.15, -0.1) is 11.3 Å². The van der Waals surface area contributed by atoms with E-state index in [4.69, 9.17) is 0 Å². The Morgan fingerprint density at radius 1 is 1.06 bits per heavy atom. The van der Waals surface area contributed by atoms with Gasteiger partial charge < -0.3 is 5.32 Å². The second-order valence-electron chi connectivity index (χ2n) is 4.79. The van der Waals surface area contributed by atoms with Gasteiger partial charge >= 0.3 is 0 Å². The number of nitrogens with one attached hydrogen (secondary N) is 1. The van der Waals surface area contributed by atoms with Crippen LogP contribution in [0.4, 0.5) is 5.69 Å². The largest absolute Gasteiger partial charge is 0.381 e. The van der Waals surface area contributed by atoms with E-state index >= 15 is 0 Å². The van der Waals surface area contributed by atoms with E-state index in [2.05, 4.69) is 57.3 Å². The molecule has 2 heteroatoms. The van der Waals surface area contributed by atoms with E-state index in [0.29, 0.717) is 0 Å². The lowest BCUT2D eigenvalue weighted by Gasteiger charge is -2.09. The summed E-state index contributed by atoms with van der Waals surface area (Å²) < 4.78 is 0. The molecular weight excluding hydrogens is 238 g/mol. The molecule has 0 aliphatic heterocycles. The molecular formula is C16H21NS. The summed E-state index contributed by atoms with van der Waals surface area (Å²) in [5.74, 6) is 0. The summed E-state index contributed by atoms with van der Waals surface area (Å²) in [6.45, 7) is 9.67. The predicted octanol–water partition coefficient (Wildman–Crippen LogP) is 4.85. The highest BCUT2D eigenvalue weighted by atomic mass is 32.1. The van der Waals surface area contributed by atoms with Gasteiger partial charge in [0.1, 0.15) is 0 Å². The van der Waals surface area contributed by atoms with Gasteiger partial charge in [0.2, 0.25) is 0 Å². The summed E-state index contributed by atoms with van der Waals surface area (Å²) in [6, 6.07) is 8.92. The summed E-state index contributed by atoms with van der Waals surface area (Å²) in [7, 11) is 0. The number of benzene rings is 1. The maximum absolute atomic E-state index is 3.52. The monoisotopic (exact) mass is 259 g/mol. The lowest BCUT2D eigenvalue weighted by molar-refractivity contribution is 1.09. The Labute approximate surface area is 114 Å². The van der Waals surface area contributed by atoms with E-state index < -0.39 is 0 Å². The van der Waals surface area contributed by atoms with Crippen LogP contribution in [0.2, 0.25) is 0 Å². The van der Waals surface area contributed by atoms with E-state index in [1.54, 1.807) is 0 Å². The van der Waals surface area contributed by atoms with Gasteiger partial charge in [0, 0.05) is 22.0 Å². The first-order valence-electron chi connectivity index (χ1n) is 6.49. The number of hydrogen-bond acceptors (Lipinski definition) is 2. The maximum atomic E-state index is 3.52. The molecule has 0 bridgehead atoms. The molecule has 1 heterocycles. The summed E-state index contributed by atoms with van der Waals surface area (Å²) in [4.78, 5) is 2.81. The third-order valence-electron chi connectivity index (χ3n) is 3.36. The maximum Gasteiger partial charge on any atom is 0.0411 e. The van der Waals surface area contributed by atoms with Crippen LogP contribution in [0.1, 0.15) is 33.4 Å². The first-order chi connectivity index (χ1) is 8.60. The fourth-order valence-corrected chi connectivity index (χ4v) is 3.16. The van der Waals surface area contributed by atoms with Crippen molar-refractivity contribution in [3.63, 3.8) is 0 Å². The number of anilines is 1. The molecule has 2 aromatic rings. The van der Waals surface area contributed by atoms with Gasteiger partial charge in [0.05, 0.1) is 0 Å². The molecule has 1 N–H and O–H groups in total. The number of thiophene rings is 1. The minimum absolute atomic E-state index is 0.919. The zero-order valence-electron chi connectivity index (χ0n) is 11.6. The third kappa shape index (κ3) is 2.94. The molecule has 0 amide bonds. The topological polar surface area (TPSA) is 12.0 Å². The first-order valence-corrected chi connectivity index (χ1v) is 7.31. The standard InChI is InChI=1S/C16H21NS/c1-5-14-9-16(7-6-11(14)2)17-10-15-8-12(3)18-13(15)4/h6-9,17H,5,10H2,1-4H3. The van der Waals surface area contributed by atoms with Crippen molar-refractivity contribution in [2.24, 2.45) is 0 Å². The van der Waals surface area contributed by atoms with Crippen molar-refractivity contribution in [3.05, 3.63) is 50.7 Å². The van der Waals surface area contributed by atoms with Crippen LogP contribution in [0.15, 0.2) is 24.3 Å². The van der Waals surface area contributed by atoms with Gasteiger partial charge in [-0.2, -0.15) is 0 Å². The SMILES string of the molecule is CCc1cc(NCc2cc(C)sc2C)ccc1C. The molecule has 0 aliphatic carbocycles. The van der Waals surface area contributed by atoms with Crippen molar-refractivity contribution < 1.29 is 0 Å². The second kappa shape index (κ2) is 5.57. The predicted molar refractivity (Wildman–Crippen MR) is 81.7 cm³/mol. The van der Waals surface area contributed by atoms with Crippen molar-refractivity contribution in [2.45, 2.75) is 40.7 Å². The van der Waals surface area contributed by atoms with Crippen molar-refractivity contribution in [1.82, 2.24) is 0 Å². The molecule has 0 saturated heterocycles. The van der Waals surface area contributed by atoms with Crippen LogP contribution in [0, 0.1) is 20.8 Å². The first kappa shape index (κ1) is 13.2. The molecule has 0 fully saturated rings. The van der Waals surface area contributed by atoms with Crippen LogP contribution in [-0.4, -0.2) is 0 Å². The number of rotatable bonds is 4. The van der Waals surface area contributed by atoms with Gasteiger partial charge in [-0.05, 0) is 62.1 Å². The molecule has 1 nitrogen and oxygen atoms in total. The molecule has 0 atom stereocenters. The molecule has 0 radical (unpaired) electrons. The van der Waals surface area contributed by atoms with Gasteiger partial charge in [-0.3, -0.25) is 0 Å². The molecule has 0 spiro atoms. The molecule has 1 aromatic carbocycles. The number of aryl methyl sites for hydroxylation is 4. The van der Waals surface area contributed by atoms with E-state index in [-0.39, 0.29) is 0 Å². The van der Waals surface area contributed by atoms with Crippen LogP contribution >= 0.6 is 11.3 Å². The second-order valence-corrected chi connectivity index (χ2v) is 6.25. The van der Waals surface area contributed by atoms with E-state index in [1.807, 2.05) is 11.3 Å². The average Bonchev–Trinajstić information content (AvgIpc) is 2.67. The molecule has 18 heavy (non-hydrogen) atoms. The van der Waals surface area contributed by atoms with Crippen molar-refractivity contribution in [2.75, 3.05) is 5.32 Å². The average molecular weight is 259 g/mol. The normalized spacial score (nSPS) is 10.7. The van der Waals surface area contributed by atoms with Crippen LogP contribution in [0.3, 0.4) is 0 Å². The molecule has 1 aromatic heterocycles. The van der Waals surface area contributed by atoms with E-state index in [0.717, 1.165) is 13.0 Å². The summed E-state index contributed by atoms with van der Waals surface area (Å²) in [5, 5.41) is 3.52. The van der Waals surface area contributed by atoms with E-state index in [1.165, 1.54) is 32.1 Å². The zero-order chi connectivity index (χ0) is 13.1. The fourth-order valence-electron chi connectivity index (χ4n) is 2.22. The third-order valence-corrected chi connectivity index (χ3v) is 4.36. The summed E-state index contributed by atoms with van der Waals surface area (Å²) in [6.07, 6.45) is 1.10. The Morgan fingerprint density at radius 2 is 1.83 bits per heavy atom. The quantitative estimate of drug-likeness (QED) is 0.827. The fraction of sp³-hybridized carbons (Fsp3) is 0.375. The van der Waals surface area contributed by atoms with Gasteiger partial charge in [0.25, 0.3) is 0 Å². The van der Waals surface area contributed by atoms with Gasteiger partial charge in [-0.1, -0.05) is 13.0 Å². The smallest absolute Gasteiger partial charge is 0.0411 e. The Morgan fingerprint density at radius 3 is 2.44 bits per heavy atom. The van der Waals surface area contributed by atoms with Crippen LogP contribution in [-0.2, 0) is 13.0 Å². The summed E-state index contributed by atoms with van der Waals surface area (Å²) in [5.41, 5.74) is 5.45. The molecule has 96 valence electrons. The Hall–Kier alpha value is -1.28. The lowest BCUT2D eigenvalue weighted by atomic mass is 10.1. The van der Waals surface area contributed by atoms with Gasteiger partial charge in [-0.25, -0.2) is 0 Å². The van der Waals surface area contributed by atoms with E-state index in [9.17, 15) is 0 Å². The molecule has 2 rings (SSSR count). The van der Waals surface area contributed by atoms with Crippen LogP contribution in [0.25, 0.3) is 0 Å². The highest BCUT2D eigenvalue weighted by Crippen LogP contribution is 2.22. The minimum atomic E-state index is 0.919. The molecule has 0 unspecified atom stereocenters. The van der Waals surface area contributed by atoms with Crippen LogP contribution < -0.4 is 5.32 Å². The Balaban J connectivity index is 2.08. The number of hydrogen-bond donors (Lipinski definition) is 1. The van der Waals surface area contributed by atoms with Gasteiger partial charge in [0.15, 0.2) is 0 Å². The highest BCUT2D eigenvalue weighted by molar-refractivity contribution is 7.12. The van der Waals surface area contributed by atoms with Crippen molar-refractivity contribution >= 4 is 17.0 Å². The lowest BCUT2D eigenvalue weighted by Crippen LogP contribution is -2.00. The van der Waals surface area contributed by atoms with Crippen LogP contribution in [0.5, 0.6) is 0 Å². The highest BCUT2D eigenvalue weighted by Gasteiger charge is 2.03. The molecule has 0 aliphatic rings. The molecule has 0 saturated carbocycles.